The van der Waals surface area contributed by atoms with E-state index < -0.39 is 12.1 Å². The number of aryl methyl sites for hydroxylation is 2. The Morgan fingerprint density at radius 1 is 1.18 bits per heavy atom. The second-order valence-electron chi connectivity index (χ2n) is 6.76. The summed E-state index contributed by atoms with van der Waals surface area (Å²) in [5, 5.41) is 3.53. The monoisotopic (exact) mass is 392 g/mol. The molecule has 6 heteroatoms. The second kappa shape index (κ2) is 7.94. The summed E-state index contributed by atoms with van der Waals surface area (Å²) >= 11 is 1.49. The van der Waals surface area contributed by atoms with Crippen LogP contribution in [0.15, 0.2) is 48.5 Å². The Morgan fingerprint density at radius 2 is 2.00 bits per heavy atom. The van der Waals surface area contributed by atoms with Crippen molar-refractivity contribution in [3.63, 3.8) is 0 Å². The maximum Gasteiger partial charge on any atom is 0.331 e. The van der Waals surface area contributed by atoms with Crippen LogP contribution in [-0.4, -0.2) is 23.0 Å². The van der Waals surface area contributed by atoms with Crippen LogP contribution in [0.25, 0.3) is 16.3 Å². The van der Waals surface area contributed by atoms with Crippen LogP contribution < -0.4 is 5.32 Å². The third-order valence-corrected chi connectivity index (χ3v) is 5.70. The lowest BCUT2D eigenvalue weighted by Crippen LogP contribution is -2.29. The zero-order valence-corrected chi connectivity index (χ0v) is 16.3. The summed E-state index contributed by atoms with van der Waals surface area (Å²) in [4.78, 5) is 28.8. The number of carbonyl (C=O) groups excluding carboxylic acids is 2. The molecule has 3 aromatic rings. The van der Waals surface area contributed by atoms with E-state index in [1.165, 1.54) is 28.5 Å². The number of esters is 1. The molecule has 0 fully saturated rings. The third-order valence-electron chi connectivity index (χ3n) is 4.70. The summed E-state index contributed by atoms with van der Waals surface area (Å²) in [6.07, 6.45) is 5.32. The van der Waals surface area contributed by atoms with Crippen molar-refractivity contribution in [2.24, 2.45) is 0 Å². The van der Waals surface area contributed by atoms with E-state index in [1.54, 1.807) is 13.0 Å². The van der Waals surface area contributed by atoms with E-state index in [1.807, 2.05) is 36.4 Å². The summed E-state index contributed by atoms with van der Waals surface area (Å²) in [6.45, 7) is 1.56. The summed E-state index contributed by atoms with van der Waals surface area (Å²) in [6, 6.07) is 13.7. The Labute approximate surface area is 167 Å². The van der Waals surface area contributed by atoms with Crippen molar-refractivity contribution in [1.82, 2.24) is 4.98 Å². The predicted octanol–water partition coefficient (Wildman–Crippen LogP) is 4.37. The molecule has 1 aliphatic carbocycles. The largest absolute Gasteiger partial charge is 0.449 e. The van der Waals surface area contributed by atoms with Crippen LogP contribution in [0, 0.1) is 0 Å². The lowest BCUT2D eigenvalue weighted by Gasteiger charge is -2.13. The van der Waals surface area contributed by atoms with Gasteiger partial charge in [-0.15, -0.1) is 11.3 Å². The summed E-state index contributed by atoms with van der Waals surface area (Å²) in [7, 11) is 0. The highest BCUT2D eigenvalue weighted by atomic mass is 32.1. The molecular formula is C22H20N2O3S. The van der Waals surface area contributed by atoms with Crippen molar-refractivity contribution in [2.75, 3.05) is 5.32 Å². The zero-order valence-electron chi connectivity index (χ0n) is 15.5. The Morgan fingerprint density at radius 3 is 2.86 bits per heavy atom. The molecule has 142 valence electrons. The van der Waals surface area contributed by atoms with Crippen LogP contribution in [0.1, 0.15) is 29.5 Å². The fourth-order valence-electron chi connectivity index (χ4n) is 3.26. The van der Waals surface area contributed by atoms with E-state index >= 15 is 0 Å². The number of aromatic nitrogens is 1. The molecule has 0 aliphatic heterocycles. The first-order chi connectivity index (χ1) is 13.6. The van der Waals surface area contributed by atoms with Gasteiger partial charge in [-0.2, -0.15) is 0 Å². The topological polar surface area (TPSA) is 68.3 Å². The number of para-hydroxylation sites is 1. The number of hydrogen-bond donors (Lipinski definition) is 1. The molecule has 0 saturated carbocycles. The molecule has 0 spiro atoms. The van der Waals surface area contributed by atoms with Gasteiger partial charge in [0.15, 0.2) is 6.10 Å². The Kier molecular flexibility index (Phi) is 5.21. The van der Waals surface area contributed by atoms with Crippen LogP contribution in [0.3, 0.4) is 0 Å². The van der Waals surface area contributed by atoms with Crippen molar-refractivity contribution in [3.05, 3.63) is 64.7 Å². The molecule has 0 unspecified atom stereocenters. The average molecular weight is 392 g/mol. The molecule has 0 radical (unpaired) electrons. The molecular weight excluding hydrogens is 372 g/mol. The number of amides is 1. The number of nitrogens with one attached hydrogen (secondary N) is 1. The van der Waals surface area contributed by atoms with Crippen molar-refractivity contribution in [3.8, 4) is 0 Å². The van der Waals surface area contributed by atoms with Crippen molar-refractivity contribution in [1.29, 1.82) is 0 Å². The molecule has 1 atom stereocenters. The minimum atomic E-state index is -0.888. The van der Waals surface area contributed by atoms with Gasteiger partial charge in [0.05, 0.1) is 10.2 Å². The van der Waals surface area contributed by atoms with E-state index in [0.717, 1.165) is 35.2 Å². The van der Waals surface area contributed by atoms with Crippen LogP contribution in [0.4, 0.5) is 5.69 Å². The van der Waals surface area contributed by atoms with Crippen molar-refractivity contribution in [2.45, 2.75) is 32.3 Å². The van der Waals surface area contributed by atoms with E-state index in [9.17, 15) is 9.59 Å². The van der Waals surface area contributed by atoms with Gasteiger partial charge in [0.2, 0.25) is 0 Å². The normalized spacial score (nSPS) is 14.2. The van der Waals surface area contributed by atoms with Crippen LogP contribution in [0.5, 0.6) is 0 Å². The number of carbonyl (C=O) groups is 2. The highest BCUT2D eigenvalue weighted by molar-refractivity contribution is 7.19. The quantitative estimate of drug-likeness (QED) is 0.517. The van der Waals surface area contributed by atoms with Crippen LogP contribution >= 0.6 is 11.3 Å². The maximum atomic E-state index is 12.3. The van der Waals surface area contributed by atoms with Gasteiger partial charge in [0, 0.05) is 11.8 Å². The summed E-state index contributed by atoms with van der Waals surface area (Å²) in [5.41, 5.74) is 4.25. The molecule has 0 bridgehead atoms. The molecule has 1 N–H and O–H groups in total. The number of ether oxygens (including phenoxy) is 1. The molecule has 1 aliphatic rings. The first kappa shape index (κ1) is 18.4. The molecule has 1 heterocycles. The first-order valence-electron chi connectivity index (χ1n) is 9.25. The van der Waals surface area contributed by atoms with E-state index in [-0.39, 0.29) is 5.91 Å². The molecule has 4 rings (SSSR count). The average Bonchev–Trinajstić information content (AvgIpc) is 3.32. The van der Waals surface area contributed by atoms with Gasteiger partial charge in [-0.3, -0.25) is 4.79 Å². The van der Waals surface area contributed by atoms with Crippen molar-refractivity contribution < 1.29 is 14.3 Å². The van der Waals surface area contributed by atoms with E-state index in [0.29, 0.717) is 5.01 Å². The smallest absolute Gasteiger partial charge is 0.331 e. The van der Waals surface area contributed by atoms with E-state index in [2.05, 4.69) is 16.4 Å². The highest BCUT2D eigenvalue weighted by Gasteiger charge is 2.18. The fraction of sp³-hybridized carbons (Fsp3) is 0.227. The van der Waals surface area contributed by atoms with Gasteiger partial charge in [-0.1, -0.05) is 18.2 Å². The van der Waals surface area contributed by atoms with Gasteiger partial charge in [-0.05, 0) is 67.7 Å². The fourth-order valence-corrected chi connectivity index (χ4v) is 4.13. The van der Waals surface area contributed by atoms with Gasteiger partial charge in [-0.25, -0.2) is 9.78 Å². The van der Waals surface area contributed by atoms with Crippen LogP contribution in [-0.2, 0) is 27.2 Å². The Bertz CT molecular complexity index is 1040. The Balaban J connectivity index is 1.33. The first-order valence-corrected chi connectivity index (χ1v) is 10.1. The summed E-state index contributed by atoms with van der Waals surface area (Å²) < 4.78 is 6.27. The third kappa shape index (κ3) is 4.12. The lowest BCUT2D eigenvalue weighted by atomic mass is 10.1. The lowest BCUT2D eigenvalue weighted by molar-refractivity contribution is -0.148. The van der Waals surface area contributed by atoms with Gasteiger partial charge < -0.3 is 10.1 Å². The van der Waals surface area contributed by atoms with Crippen LogP contribution in [0.2, 0.25) is 0 Å². The number of thiazole rings is 1. The number of rotatable bonds is 5. The number of nitrogens with zero attached hydrogens (tertiary/aromatic N) is 1. The molecule has 28 heavy (non-hydrogen) atoms. The number of benzene rings is 2. The van der Waals surface area contributed by atoms with Crippen molar-refractivity contribution >= 4 is 45.2 Å². The molecule has 5 nitrogen and oxygen atoms in total. The number of fused-ring (bicyclic) bond motifs is 2. The summed E-state index contributed by atoms with van der Waals surface area (Å²) in [5.74, 6) is -0.921. The van der Waals surface area contributed by atoms with Gasteiger partial charge in [0.25, 0.3) is 5.91 Å². The standard InChI is InChI=1S/C22H20N2O3S/c1-14(22(26)23-17-10-9-15-5-4-6-16(15)13-17)27-21(25)12-11-20-24-18-7-2-3-8-19(18)28-20/h2-3,7-14H,4-6H2,1H3,(H,23,26)/b12-11+/t14-/m0/s1. The second-order valence-corrected chi connectivity index (χ2v) is 7.82. The molecule has 1 aromatic heterocycles. The zero-order chi connectivity index (χ0) is 19.5. The number of anilines is 1. The molecule has 0 saturated heterocycles. The minimum Gasteiger partial charge on any atom is -0.449 e. The van der Waals surface area contributed by atoms with Gasteiger partial charge >= 0.3 is 5.97 Å². The Hall–Kier alpha value is -2.99. The minimum absolute atomic E-state index is 0.348. The van der Waals surface area contributed by atoms with Gasteiger partial charge in [0.1, 0.15) is 5.01 Å². The molecule has 1 amide bonds. The maximum absolute atomic E-state index is 12.3. The molecule has 2 aromatic carbocycles. The highest BCUT2D eigenvalue weighted by Crippen LogP contribution is 2.25. The predicted molar refractivity (Wildman–Crippen MR) is 111 cm³/mol. The van der Waals surface area contributed by atoms with E-state index in [4.69, 9.17) is 4.74 Å². The number of hydrogen-bond acceptors (Lipinski definition) is 5. The SMILES string of the molecule is C[C@H](OC(=O)/C=C/c1nc2ccccc2s1)C(=O)Nc1ccc2c(c1)CCC2.